The average Bonchev–Trinajstić information content (AvgIpc) is 3.26. The van der Waals surface area contributed by atoms with Gasteiger partial charge in [-0.25, -0.2) is 0 Å². The summed E-state index contributed by atoms with van der Waals surface area (Å²) >= 11 is 0. The van der Waals surface area contributed by atoms with Crippen molar-refractivity contribution < 1.29 is 9.90 Å². The number of hydrogen-bond donors (Lipinski definition) is 5. The van der Waals surface area contributed by atoms with Gasteiger partial charge < -0.3 is 26.8 Å². The molecule has 39 heavy (non-hydrogen) atoms. The van der Waals surface area contributed by atoms with E-state index in [1.807, 2.05) is 13.8 Å². The van der Waals surface area contributed by atoms with Crippen molar-refractivity contribution >= 4 is 5.91 Å². The maximum Gasteiger partial charge on any atom is 0.220 e. The Bertz CT molecular complexity index is 792. The molecule has 0 aromatic heterocycles. The molecule has 0 bridgehead atoms. The first-order valence-electron chi connectivity index (χ1n) is 16.7. The third kappa shape index (κ3) is 6.70. The molecule has 6 N–H and O–H groups in total. The van der Waals surface area contributed by atoms with E-state index in [4.69, 9.17) is 5.73 Å². The summed E-state index contributed by atoms with van der Waals surface area (Å²) in [6.45, 7) is 15.4. The number of aliphatic hydroxyl groups excluding tert-OH is 1. The molecule has 0 saturated heterocycles. The maximum atomic E-state index is 12.3. The van der Waals surface area contributed by atoms with Crippen molar-refractivity contribution in [3.8, 4) is 0 Å². The normalized spacial score (nSPS) is 40.6. The topological polar surface area (TPSA) is 99.4 Å². The van der Waals surface area contributed by atoms with E-state index in [1.54, 1.807) is 0 Å². The molecule has 0 aliphatic heterocycles. The Balaban J connectivity index is 1.32. The minimum absolute atomic E-state index is 0.00918. The molecule has 226 valence electrons. The van der Waals surface area contributed by atoms with Crippen LogP contribution in [0.3, 0.4) is 0 Å². The fourth-order valence-corrected chi connectivity index (χ4v) is 10.2. The molecule has 10 atom stereocenters. The highest BCUT2D eigenvalue weighted by molar-refractivity contribution is 5.76. The lowest BCUT2D eigenvalue weighted by molar-refractivity contribution is -0.169. The van der Waals surface area contributed by atoms with Crippen LogP contribution in [0.4, 0.5) is 0 Å². The van der Waals surface area contributed by atoms with Gasteiger partial charge in [-0.05, 0) is 157 Å². The van der Waals surface area contributed by atoms with Crippen LogP contribution >= 0.6 is 0 Å². The predicted molar refractivity (Wildman–Crippen MR) is 161 cm³/mol. The Labute approximate surface area is 239 Å². The number of nitrogens with one attached hydrogen (secondary N) is 3. The van der Waals surface area contributed by atoms with Crippen molar-refractivity contribution in [1.82, 2.24) is 16.0 Å². The molecule has 4 saturated carbocycles. The summed E-state index contributed by atoms with van der Waals surface area (Å²) in [5.74, 6) is 4.06. The molecule has 1 amide bonds. The second-order valence-corrected chi connectivity index (χ2v) is 14.9. The molecule has 6 nitrogen and oxygen atoms in total. The quantitative estimate of drug-likeness (QED) is 0.213. The molecular weight excluding hydrogens is 484 g/mol. The molecule has 6 heteroatoms. The molecule has 0 aromatic carbocycles. The average molecular weight is 547 g/mol. The third-order valence-electron chi connectivity index (χ3n) is 12.3. The number of amides is 1. The Morgan fingerprint density at radius 1 is 0.974 bits per heavy atom. The number of carbonyl (C=O) groups excluding carboxylic acids is 1. The Morgan fingerprint density at radius 3 is 2.49 bits per heavy atom. The van der Waals surface area contributed by atoms with Gasteiger partial charge in [0.25, 0.3) is 0 Å². The van der Waals surface area contributed by atoms with Gasteiger partial charge in [-0.3, -0.25) is 4.79 Å². The Kier molecular flexibility index (Phi) is 10.8. The number of fused-ring (bicyclic) bond motifs is 5. The first-order chi connectivity index (χ1) is 18.6. The van der Waals surface area contributed by atoms with Crippen molar-refractivity contribution in [1.29, 1.82) is 0 Å². The monoisotopic (exact) mass is 546 g/mol. The van der Waals surface area contributed by atoms with Crippen molar-refractivity contribution in [3.05, 3.63) is 0 Å². The van der Waals surface area contributed by atoms with Gasteiger partial charge in [0.05, 0.1) is 6.10 Å². The van der Waals surface area contributed by atoms with Crippen LogP contribution in [0.15, 0.2) is 0 Å². The van der Waals surface area contributed by atoms with Crippen LogP contribution in [0.25, 0.3) is 0 Å². The summed E-state index contributed by atoms with van der Waals surface area (Å²) in [7, 11) is 0. The zero-order chi connectivity index (χ0) is 28.2. The molecule has 5 unspecified atom stereocenters. The molecule has 4 rings (SSSR count). The van der Waals surface area contributed by atoms with Crippen molar-refractivity contribution in [3.63, 3.8) is 0 Å². The van der Waals surface area contributed by atoms with Crippen LogP contribution in [0.5, 0.6) is 0 Å². The van der Waals surface area contributed by atoms with E-state index in [-0.39, 0.29) is 23.5 Å². The number of aliphatic hydroxyl groups is 1. The van der Waals surface area contributed by atoms with E-state index in [1.165, 1.54) is 51.4 Å². The SMILES string of the molecule is CC(C)NC(=O)CC[C@@H](C)C1CCC2C3CCC4C[C@@H](NCCCNCCCN)CC[C@]4(C)C3C[C@H](O)[C@@]21C. The highest BCUT2D eigenvalue weighted by Gasteiger charge is 2.63. The zero-order valence-electron chi connectivity index (χ0n) is 25.9. The molecule has 0 heterocycles. The molecule has 0 spiro atoms. The lowest BCUT2D eigenvalue weighted by atomic mass is 9.43. The Hall–Kier alpha value is -0.690. The first kappa shape index (κ1) is 31.3. The van der Waals surface area contributed by atoms with Crippen LogP contribution in [0.2, 0.25) is 0 Å². The van der Waals surface area contributed by atoms with Gasteiger partial charge in [0.2, 0.25) is 5.91 Å². The fourth-order valence-electron chi connectivity index (χ4n) is 10.2. The van der Waals surface area contributed by atoms with E-state index in [0.29, 0.717) is 41.5 Å². The zero-order valence-corrected chi connectivity index (χ0v) is 25.9. The lowest BCUT2D eigenvalue weighted by Gasteiger charge is -2.62. The van der Waals surface area contributed by atoms with Crippen LogP contribution in [-0.4, -0.2) is 55.4 Å². The number of hydrogen-bond acceptors (Lipinski definition) is 5. The van der Waals surface area contributed by atoms with Gasteiger partial charge in [0.15, 0.2) is 0 Å². The third-order valence-corrected chi connectivity index (χ3v) is 12.3. The summed E-state index contributed by atoms with van der Waals surface area (Å²) in [5, 5.41) is 22.3. The molecule has 0 aromatic rings. The van der Waals surface area contributed by atoms with Crippen LogP contribution in [0.1, 0.15) is 112 Å². The van der Waals surface area contributed by atoms with E-state index in [0.717, 1.165) is 57.3 Å². The second kappa shape index (κ2) is 13.5. The van der Waals surface area contributed by atoms with E-state index in [2.05, 4.69) is 36.7 Å². The molecule has 4 fully saturated rings. The van der Waals surface area contributed by atoms with E-state index < -0.39 is 0 Å². The highest BCUT2D eigenvalue weighted by atomic mass is 16.3. The van der Waals surface area contributed by atoms with Gasteiger partial charge in [0.1, 0.15) is 0 Å². The number of rotatable bonds is 13. The fraction of sp³-hybridized carbons (Fsp3) is 0.970. The lowest BCUT2D eigenvalue weighted by Crippen LogP contribution is -2.59. The summed E-state index contributed by atoms with van der Waals surface area (Å²) in [6, 6.07) is 0.863. The standard InChI is InChI=1S/C33H62N4O2/c1-22(2)37-31(39)13-8-23(3)27-11-12-28-26-10-9-24-20-25(36-19-7-18-35-17-6-16-34)14-15-32(24,4)29(26)21-30(38)33(27,28)5/h22-30,35-36,38H,6-21,34H2,1-5H3,(H,37,39)/t23-,24?,25+,26?,27?,28?,29?,30+,32+,33-/m1/s1. The predicted octanol–water partition coefficient (Wildman–Crippen LogP) is 4.84. The number of carbonyl (C=O) groups is 1. The summed E-state index contributed by atoms with van der Waals surface area (Å²) < 4.78 is 0. The van der Waals surface area contributed by atoms with Crippen LogP contribution in [-0.2, 0) is 4.79 Å². The van der Waals surface area contributed by atoms with Gasteiger partial charge >= 0.3 is 0 Å². The minimum Gasteiger partial charge on any atom is -0.393 e. The van der Waals surface area contributed by atoms with Crippen molar-refractivity contribution in [2.75, 3.05) is 26.2 Å². The van der Waals surface area contributed by atoms with Gasteiger partial charge in [-0.2, -0.15) is 0 Å². The molecule has 4 aliphatic carbocycles. The largest absolute Gasteiger partial charge is 0.393 e. The minimum atomic E-state index is -0.207. The summed E-state index contributed by atoms with van der Waals surface area (Å²) in [6.07, 6.45) is 13.7. The van der Waals surface area contributed by atoms with E-state index >= 15 is 0 Å². The molecular formula is C33H62N4O2. The highest BCUT2D eigenvalue weighted by Crippen LogP contribution is 2.68. The van der Waals surface area contributed by atoms with Crippen LogP contribution < -0.4 is 21.7 Å². The van der Waals surface area contributed by atoms with Crippen molar-refractivity contribution in [2.45, 2.75) is 130 Å². The smallest absolute Gasteiger partial charge is 0.220 e. The molecule has 4 aliphatic rings. The van der Waals surface area contributed by atoms with Crippen LogP contribution in [0, 0.1) is 46.3 Å². The summed E-state index contributed by atoms with van der Waals surface area (Å²) in [5.41, 5.74) is 5.97. The van der Waals surface area contributed by atoms with Crippen molar-refractivity contribution in [2.24, 2.45) is 52.1 Å². The maximum absolute atomic E-state index is 12.3. The van der Waals surface area contributed by atoms with Gasteiger partial charge in [-0.1, -0.05) is 20.8 Å². The summed E-state index contributed by atoms with van der Waals surface area (Å²) in [4.78, 5) is 12.3. The second-order valence-electron chi connectivity index (χ2n) is 14.9. The first-order valence-corrected chi connectivity index (χ1v) is 16.7. The molecule has 0 radical (unpaired) electrons. The van der Waals surface area contributed by atoms with E-state index in [9.17, 15) is 9.90 Å². The van der Waals surface area contributed by atoms with Gasteiger partial charge in [-0.15, -0.1) is 0 Å². The van der Waals surface area contributed by atoms with Gasteiger partial charge in [0, 0.05) is 18.5 Å². The Morgan fingerprint density at radius 2 is 1.74 bits per heavy atom. The number of nitrogens with two attached hydrogens (primary N) is 1.